The van der Waals surface area contributed by atoms with Crippen molar-refractivity contribution in [2.24, 2.45) is 0 Å². The summed E-state index contributed by atoms with van der Waals surface area (Å²) in [6.45, 7) is 0. The third kappa shape index (κ3) is 3.14. The quantitative estimate of drug-likeness (QED) is 0.706. The molecule has 26 heavy (non-hydrogen) atoms. The van der Waals surface area contributed by atoms with Crippen molar-refractivity contribution in [3.05, 3.63) is 65.3 Å². The molecule has 1 saturated carbocycles. The van der Waals surface area contributed by atoms with Crippen molar-refractivity contribution < 1.29 is 4.79 Å². The molecule has 6 nitrogen and oxygen atoms in total. The average Bonchev–Trinajstić information content (AvgIpc) is 3.36. The van der Waals surface area contributed by atoms with Gasteiger partial charge >= 0.3 is 0 Å². The lowest BCUT2D eigenvalue weighted by Crippen LogP contribution is -2.38. The van der Waals surface area contributed by atoms with Crippen LogP contribution < -0.4 is 5.32 Å². The topological polar surface area (TPSA) is 72.7 Å². The summed E-state index contributed by atoms with van der Waals surface area (Å²) in [5.74, 6) is 0.691. The summed E-state index contributed by atoms with van der Waals surface area (Å²) in [4.78, 5) is 21.4. The molecule has 1 N–H and O–H groups in total. The summed E-state index contributed by atoms with van der Waals surface area (Å²) in [5.41, 5.74) is 1.29. The van der Waals surface area contributed by atoms with Crippen molar-refractivity contribution in [1.29, 1.82) is 0 Å². The molecule has 0 spiro atoms. The standard InChI is InChI=1S/C19H18BrN5O/c20-15-5-3-14(4-6-15)19(9-1-2-10-19)18(26)24-16-7-8-17(22-11-16)25-13-21-12-23-25/h3-8,11-13H,1-2,9-10H2,(H,24,26). The average molecular weight is 412 g/mol. The second-order valence-corrected chi connectivity index (χ2v) is 7.41. The lowest BCUT2D eigenvalue weighted by atomic mass is 9.78. The van der Waals surface area contributed by atoms with E-state index in [4.69, 9.17) is 0 Å². The zero-order valence-electron chi connectivity index (χ0n) is 14.1. The molecular formula is C19H18BrN5O. The SMILES string of the molecule is O=C(Nc1ccc(-n2cncn2)nc1)C1(c2ccc(Br)cc2)CCCC1. The van der Waals surface area contributed by atoms with Crippen LogP contribution in [0.25, 0.3) is 5.82 Å². The van der Waals surface area contributed by atoms with Crippen molar-refractivity contribution in [3.63, 3.8) is 0 Å². The van der Waals surface area contributed by atoms with E-state index in [1.807, 2.05) is 36.4 Å². The number of nitrogens with zero attached hydrogens (tertiary/aromatic N) is 4. The predicted octanol–water partition coefficient (Wildman–Crippen LogP) is 3.88. The van der Waals surface area contributed by atoms with Gasteiger partial charge in [-0.25, -0.2) is 14.6 Å². The summed E-state index contributed by atoms with van der Waals surface area (Å²) >= 11 is 3.47. The Bertz CT molecular complexity index is 885. The van der Waals surface area contributed by atoms with Crippen molar-refractivity contribution in [3.8, 4) is 5.82 Å². The Labute approximate surface area is 159 Å². The highest BCUT2D eigenvalue weighted by atomic mass is 79.9. The van der Waals surface area contributed by atoms with E-state index in [1.165, 1.54) is 6.33 Å². The van der Waals surface area contributed by atoms with Gasteiger partial charge in [-0.1, -0.05) is 40.9 Å². The van der Waals surface area contributed by atoms with E-state index in [-0.39, 0.29) is 5.91 Å². The second kappa shape index (κ2) is 6.99. The number of carbonyl (C=O) groups is 1. The Kier molecular flexibility index (Phi) is 4.55. The van der Waals surface area contributed by atoms with Crippen LogP contribution in [0.5, 0.6) is 0 Å². The molecule has 1 aliphatic carbocycles. The van der Waals surface area contributed by atoms with Gasteiger partial charge in [0.25, 0.3) is 0 Å². The van der Waals surface area contributed by atoms with Gasteiger partial charge in [-0.05, 0) is 42.7 Å². The Morgan fingerprint density at radius 1 is 1.12 bits per heavy atom. The number of hydrogen-bond acceptors (Lipinski definition) is 4. The number of carbonyl (C=O) groups excluding carboxylic acids is 1. The Morgan fingerprint density at radius 2 is 1.88 bits per heavy atom. The molecule has 1 amide bonds. The molecule has 0 aliphatic heterocycles. The summed E-state index contributed by atoms with van der Waals surface area (Å²) in [6.07, 6.45) is 8.55. The highest BCUT2D eigenvalue weighted by molar-refractivity contribution is 9.10. The van der Waals surface area contributed by atoms with Gasteiger partial charge in [0.05, 0.1) is 17.3 Å². The summed E-state index contributed by atoms with van der Waals surface area (Å²) in [5, 5.41) is 7.10. The zero-order valence-corrected chi connectivity index (χ0v) is 15.7. The second-order valence-electron chi connectivity index (χ2n) is 6.50. The van der Waals surface area contributed by atoms with Crippen LogP contribution in [-0.2, 0) is 10.2 Å². The first-order valence-corrected chi connectivity index (χ1v) is 9.35. The van der Waals surface area contributed by atoms with Crippen molar-refractivity contribution in [2.75, 3.05) is 5.32 Å². The maximum absolute atomic E-state index is 13.2. The van der Waals surface area contributed by atoms with E-state index in [9.17, 15) is 4.79 Å². The number of halogens is 1. The minimum Gasteiger partial charge on any atom is -0.324 e. The third-order valence-electron chi connectivity index (χ3n) is 4.95. The number of aromatic nitrogens is 4. The molecule has 3 aromatic rings. The van der Waals surface area contributed by atoms with E-state index in [0.29, 0.717) is 11.5 Å². The molecule has 1 fully saturated rings. The Hall–Kier alpha value is -2.54. The zero-order chi connectivity index (χ0) is 18.0. The first-order chi connectivity index (χ1) is 12.7. The molecule has 132 valence electrons. The number of rotatable bonds is 4. The molecule has 0 bridgehead atoms. The lowest BCUT2D eigenvalue weighted by molar-refractivity contribution is -0.121. The highest BCUT2D eigenvalue weighted by Gasteiger charge is 2.42. The summed E-state index contributed by atoms with van der Waals surface area (Å²) < 4.78 is 2.59. The fourth-order valence-electron chi connectivity index (χ4n) is 3.57. The fraction of sp³-hybridized carbons (Fsp3) is 0.263. The number of anilines is 1. The normalized spacial score (nSPS) is 15.7. The molecule has 0 atom stereocenters. The maximum Gasteiger partial charge on any atom is 0.235 e. The van der Waals surface area contributed by atoms with Crippen molar-refractivity contribution in [2.45, 2.75) is 31.1 Å². The number of pyridine rings is 1. The van der Waals surface area contributed by atoms with Crippen molar-refractivity contribution >= 4 is 27.5 Å². The van der Waals surface area contributed by atoms with Crippen LogP contribution in [0, 0.1) is 0 Å². The molecule has 7 heteroatoms. The van der Waals surface area contributed by atoms with Crippen LogP contribution in [0.4, 0.5) is 5.69 Å². The molecular weight excluding hydrogens is 394 g/mol. The number of hydrogen-bond donors (Lipinski definition) is 1. The molecule has 2 heterocycles. The van der Waals surface area contributed by atoms with Gasteiger partial charge in [-0.3, -0.25) is 4.79 Å². The summed E-state index contributed by atoms with van der Waals surface area (Å²) in [7, 11) is 0. The molecule has 4 rings (SSSR count). The first-order valence-electron chi connectivity index (χ1n) is 8.56. The monoisotopic (exact) mass is 411 g/mol. The first kappa shape index (κ1) is 16.9. The molecule has 1 aromatic carbocycles. The van der Waals surface area contributed by atoms with Crippen LogP contribution in [0.3, 0.4) is 0 Å². The van der Waals surface area contributed by atoms with Gasteiger partial charge < -0.3 is 5.32 Å². The van der Waals surface area contributed by atoms with Gasteiger partial charge in [-0.15, -0.1) is 0 Å². The van der Waals surface area contributed by atoms with Gasteiger partial charge in [0.1, 0.15) is 12.7 Å². The van der Waals surface area contributed by atoms with Crippen LogP contribution >= 0.6 is 15.9 Å². The van der Waals surface area contributed by atoms with Gasteiger partial charge in [-0.2, -0.15) is 5.10 Å². The minimum absolute atomic E-state index is 0.0348. The van der Waals surface area contributed by atoms with Crippen molar-refractivity contribution in [1.82, 2.24) is 19.7 Å². The molecule has 0 unspecified atom stereocenters. The van der Waals surface area contributed by atoms with E-state index < -0.39 is 5.41 Å². The predicted molar refractivity (Wildman–Crippen MR) is 102 cm³/mol. The maximum atomic E-state index is 13.2. The molecule has 1 aliphatic rings. The van der Waals surface area contributed by atoms with Crippen LogP contribution in [0.1, 0.15) is 31.2 Å². The molecule has 0 radical (unpaired) electrons. The van der Waals surface area contributed by atoms with Crippen LogP contribution in [0.15, 0.2) is 59.7 Å². The highest BCUT2D eigenvalue weighted by Crippen LogP contribution is 2.42. The van der Waals surface area contributed by atoms with Gasteiger partial charge in [0.2, 0.25) is 5.91 Å². The van der Waals surface area contributed by atoms with E-state index in [1.54, 1.807) is 17.2 Å². The van der Waals surface area contributed by atoms with Gasteiger partial charge in [0.15, 0.2) is 5.82 Å². The number of nitrogens with one attached hydrogen (secondary N) is 1. The van der Waals surface area contributed by atoms with E-state index in [2.05, 4.69) is 36.3 Å². The van der Waals surface area contributed by atoms with Crippen LogP contribution in [0.2, 0.25) is 0 Å². The van der Waals surface area contributed by atoms with E-state index in [0.717, 1.165) is 35.7 Å². The van der Waals surface area contributed by atoms with Gasteiger partial charge in [0, 0.05) is 4.47 Å². The Morgan fingerprint density at radius 3 is 2.50 bits per heavy atom. The smallest absolute Gasteiger partial charge is 0.235 e. The number of amides is 1. The molecule has 0 saturated heterocycles. The van der Waals surface area contributed by atoms with Crippen LogP contribution in [-0.4, -0.2) is 25.7 Å². The lowest BCUT2D eigenvalue weighted by Gasteiger charge is -2.28. The Balaban J connectivity index is 1.56. The molecule has 2 aromatic heterocycles. The largest absolute Gasteiger partial charge is 0.324 e. The number of benzene rings is 1. The fourth-order valence-corrected chi connectivity index (χ4v) is 3.83. The summed E-state index contributed by atoms with van der Waals surface area (Å²) in [6, 6.07) is 11.7. The van der Waals surface area contributed by atoms with E-state index >= 15 is 0 Å². The third-order valence-corrected chi connectivity index (χ3v) is 5.48. The minimum atomic E-state index is -0.467.